The van der Waals surface area contributed by atoms with Gasteiger partial charge in [0.25, 0.3) is 5.91 Å². The monoisotopic (exact) mass is 335 g/mol. The van der Waals surface area contributed by atoms with Gasteiger partial charge in [-0.15, -0.1) is 0 Å². The highest BCUT2D eigenvalue weighted by Gasteiger charge is 2.21. The van der Waals surface area contributed by atoms with Crippen molar-refractivity contribution in [2.45, 2.75) is 19.8 Å². The van der Waals surface area contributed by atoms with Crippen LogP contribution in [0.25, 0.3) is 5.69 Å². The number of carbonyl (C=O) groups is 2. The van der Waals surface area contributed by atoms with Gasteiger partial charge < -0.3 is 10.1 Å². The standard InChI is InChI=1S/C16H18ClN3O3/c1-10(2)15-13(16(22)18-9-14(21)23-3)8-19-20(15)12-6-4-5-11(17)7-12/h4-8,10H,9H2,1-3H3,(H,18,22). The van der Waals surface area contributed by atoms with Gasteiger partial charge in [0, 0.05) is 5.02 Å². The number of methoxy groups -OCH3 is 1. The Hall–Kier alpha value is -2.34. The molecule has 23 heavy (non-hydrogen) atoms. The quantitative estimate of drug-likeness (QED) is 0.852. The van der Waals surface area contributed by atoms with E-state index in [1.54, 1.807) is 16.8 Å². The van der Waals surface area contributed by atoms with Crippen LogP contribution in [0.1, 0.15) is 35.8 Å². The van der Waals surface area contributed by atoms with E-state index in [-0.39, 0.29) is 18.4 Å². The third-order valence-electron chi connectivity index (χ3n) is 3.27. The molecular weight excluding hydrogens is 318 g/mol. The fraction of sp³-hybridized carbons (Fsp3) is 0.312. The van der Waals surface area contributed by atoms with Gasteiger partial charge in [0.15, 0.2) is 0 Å². The van der Waals surface area contributed by atoms with Gasteiger partial charge in [0.2, 0.25) is 0 Å². The van der Waals surface area contributed by atoms with Crippen molar-refractivity contribution in [3.05, 3.63) is 46.7 Å². The second kappa shape index (κ2) is 7.28. The molecular formula is C16H18ClN3O3. The zero-order valence-corrected chi connectivity index (χ0v) is 13.9. The van der Waals surface area contributed by atoms with Gasteiger partial charge in [-0.1, -0.05) is 31.5 Å². The maximum atomic E-state index is 12.3. The van der Waals surface area contributed by atoms with Gasteiger partial charge in [0.05, 0.1) is 30.3 Å². The molecule has 2 aromatic rings. The SMILES string of the molecule is COC(=O)CNC(=O)c1cnn(-c2cccc(Cl)c2)c1C(C)C. The Morgan fingerprint density at radius 1 is 1.39 bits per heavy atom. The minimum Gasteiger partial charge on any atom is -0.468 e. The normalized spacial score (nSPS) is 10.7. The van der Waals surface area contributed by atoms with E-state index in [4.69, 9.17) is 11.6 Å². The Morgan fingerprint density at radius 3 is 2.74 bits per heavy atom. The summed E-state index contributed by atoms with van der Waals surface area (Å²) in [6, 6.07) is 7.23. The Balaban J connectivity index is 2.35. The number of ether oxygens (including phenoxy) is 1. The van der Waals surface area contributed by atoms with Crippen LogP contribution in [0.4, 0.5) is 0 Å². The van der Waals surface area contributed by atoms with Crippen molar-refractivity contribution in [3.8, 4) is 5.69 Å². The van der Waals surface area contributed by atoms with Crippen molar-refractivity contribution in [1.82, 2.24) is 15.1 Å². The highest BCUT2D eigenvalue weighted by atomic mass is 35.5. The summed E-state index contributed by atoms with van der Waals surface area (Å²) >= 11 is 6.02. The first-order valence-corrected chi connectivity index (χ1v) is 7.50. The molecule has 0 saturated heterocycles. The van der Waals surface area contributed by atoms with Crippen LogP contribution < -0.4 is 5.32 Å². The third-order valence-corrected chi connectivity index (χ3v) is 3.51. The number of hydrogen-bond donors (Lipinski definition) is 1. The van der Waals surface area contributed by atoms with Gasteiger partial charge >= 0.3 is 5.97 Å². The molecule has 0 aliphatic heterocycles. The molecule has 0 atom stereocenters. The first kappa shape index (κ1) is 17.0. The number of aromatic nitrogens is 2. The maximum absolute atomic E-state index is 12.3. The smallest absolute Gasteiger partial charge is 0.325 e. The van der Waals surface area contributed by atoms with Crippen LogP contribution >= 0.6 is 11.6 Å². The lowest BCUT2D eigenvalue weighted by Gasteiger charge is -2.13. The van der Waals surface area contributed by atoms with Crippen LogP contribution in [0.2, 0.25) is 5.02 Å². The zero-order valence-electron chi connectivity index (χ0n) is 13.2. The van der Waals surface area contributed by atoms with E-state index in [1.807, 2.05) is 26.0 Å². The first-order chi connectivity index (χ1) is 10.9. The highest BCUT2D eigenvalue weighted by molar-refractivity contribution is 6.30. The summed E-state index contributed by atoms with van der Waals surface area (Å²) < 4.78 is 6.20. The predicted octanol–water partition coefficient (Wildman–Crippen LogP) is 2.55. The number of hydrogen-bond acceptors (Lipinski definition) is 4. The van der Waals surface area contributed by atoms with E-state index in [0.29, 0.717) is 10.6 Å². The van der Waals surface area contributed by atoms with Crippen LogP contribution in [-0.2, 0) is 9.53 Å². The van der Waals surface area contributed by atoms with E-state index in [0.717, 1.165) is 11.4 Å². The number of rotatable bonds is 5. The number of benzene rings is 1. The summed E-state index contributed by atoms with van der Waals surface area (Å²) in [5.41, 5.74) is 1.94. The summed E-state index contributed by atoms with van der Waals surface area (Å²) in [6.07, 6.45) is 1.49. The third kappa shape index (κ3) is 3.90. The molecule has 0 radical (unpaired) electrons. The summed E-state index contributed by atoms with van der Waals surface area (Å²) in [4.78, 5) is 23.5. The Bertz CT molecular complexity index is 725. The second-order valence-corrected chi connectivity index (χ2v) is 5.69. The van der Waals surface area contributed by atoms with E-state index in [9.17, 15) is 9.59 Å². The van der Waals surface area contributed by atoms with Crippen LogP contribution in [-0.4, -0.2) is 35.3 Å². The minimum absolute atomic E-state index is 0.0513. The molecule has 0 aliphatic rings. The van der Waals surface area contributed by atoms with E-state index in [2.05, 4.69) is 15.2 Å². The Labute approximate surface area is 139 Å². The molecule has 1 aromatic carbocycles. The van der Waals surface area contributed by atoms with Gasteiger partial charge in [-0.05, 0) is 24.1 Å². The zero-order chi connectivity index (χ0) is 17.0. The average molecular weight is 336 g/mol. The molecule has 0 bridgehead atoms. The number of nitrogens with zero attached hydrogens (tertiary/aromatic N) is 2. The topological polar surface area (TPSA) is 73.2 Å². The van der Waals surface area contributed by atoms with Gasteiger partial charge in [-0.2, -0.15) is 5.10 Å². The van der Waals surface area contributed by atoms with Crippen molar-refractivity contribution >= 4 is 23.5 Å². The number of amides is 1. The molecule has 1 aromatic heterocycles. The lowest BCUT2D eigenvalue weighted by atomic mass is 10.1. The molecule has 6 nitrogen and oxygen atoms in total. The molecule has 0 spiro atoms. The molecule has 1 heterocycles. The fourth-order valence-corrected chi connectivity index (χ4v) is 2.41. The summed E-state index contributed by atoms with van der Waals surface area (Å²) in [5.74, 6) is -0.825. The summed E-state index contributed by atoms with van der Waals surface area (Å²) in [7, 11) is 1.27. The molecule has 2 rings (SSSR count). The van der Waals surface area contributed by atoms with Crippen LogP contribution in [0.3, 0.4) is 0 Å². The van der Waals surface area contributed by atoms with Crippen molar-refractivity contribution < 1.29 is 14.3 Å². The van der Waals surface area contributed by atoms with Crippen molar-refractivity contribution in [2.75, 3.05) is 13.7 Å². The Kier molecular flexibility index (Phi) is 5.39. The number of carbonyl (C=O) groups excluding carboxylic acids is 2. The van der Waals surface area contributed by atoms with E-state index < -0.39 is 5.97 Å². The molecule has 1 N–H and O–H groups in total. The second-order valence-electron chi connectivity index (χ2n) is 5.25. The molecule has 0 unspecified atom stereocenters. The van der Waals surface area contributed by atoms with Crippen LogP contribution in [0.15, 0.2) is 30.5 Å². The van der Waals surface area contributed by atoms with Crippen molar-refractivity contribution in [2.24, 2.45) is 0 Å². The van der Waals surface area contributed by atoms with Crippen LogP contribution in [0.5, 0.6) is 0 Å². The number of halogens is 1. The predicted molar refractivity (Wildman–Crippen MR) is 87.0 cm³/mol. The lowest BCUT2D eigenvalue weighted by molar-refractivity contribution is -0.139. The molecule has 122 valence electrons. The van der Waals surface area contributed by atoms with Crippen molar-refractivity contribution in [1.29, 1.82) is 0 Å². The summed E-state index contributed by atoms with van der Waals surface area (Å²) in [6.45, 7) is 3.75. The van der Waals surface area contributed by atoms with Crippen LogP contribution in [0, 0.1) is 0 Å². The molecule has 1 amide bonds. The minimum atomic E-state index is -0.508. The largest absolute Gasteiger partial charge is 0.468 e. The molecule has 7 heteroatoms. The molecule has 0 aliphatic carbocycles. The number of esters is 1. The van der Waals surface area contributed by atoms with Gasteiger partial charge in [0.1, 0.15) is 6.54 Å². The average Bonchev–Trinajstić information content (AvgIpc) is 2.97. The van der Waals surface area contributed by atoms with Crippen molar-refractivity contribution in [3.63, 3.8) is 0 Å². The first-order valence-electron chi connectivity index (χ1n) is 7.13. The fourth-order valence-electron chi connectivity index (χ4n) is 2.22. The highest BCUT2D eigenvalue weighted by Crippen LogP contribution is 2.24. The van der Waals surface area contributed by atoms with Gasteiger partial charge in [-0.25, -0.2) is 4.68 Å². The lowest BCUT2D eigenvalue weighted by Crippen LogP contribution is -2.30. The Morgan fingerprint density at radius 2 is 2.13 bits per heavy atom. The maximum Gasteiger partial charge on any atom is 0.325 e. The molecule has 0 saturated carbocycles. The van der Waals surface area contributed by atoms with E-state index >= 15 is 0 Å². The van der Waals surface area contributed by atoms with Gasteiger partial charge in [-0.3, -0.25) is 9.59 Å². The number of nitrogens with one attached hydrogen (secondary N) is 1. The molecule has 0 fully saturated rings. The summed E-state index contributed by atoms with van der Waals surface area (Å²) in [5, 5.41) is 7.41. The van der Waals surface area contributed by atoms with E-state index in [1.165, 1.54) is 13.3 Å².